The maximum atomic E-state index is 12.7. The van der Waals surface area contributed by atoms with Gasteiger partial charge in [-0.2, -0.15) is 0 Å². The summed E-state index contributed by atoms with van der Waals surface area (Å²) in [5, 5.41) is 3.58. The Morgan fingerprint density at radius 1 is 1.10 bits per heavy atom. The molecule has 2 aromatic heterocycles. The molecule has 3 rings (SSSR count). The number of aromatic nitrogens is 3. The lowest BCUT2D eigenvalue weighted by molar-refractivity contribution is -0.116. The van der Waals surface area contributed by atoms with Crippen molar-refractivity contribution < 1.29 is 9.53 Å². The number of pyridine rings is 1. The van der Waals surface area contributed by atoms with E-state index < -0.39 is 0 Å². The number of nitrogens with zero attached hydrogens (tertiary/aromatic N) is 3. The van der Waals surface area contributed by atoms with Crippen molar-refractivity contribution in [3.63, 3.8) is 0 Å². The van der Waals surface area contributed by atoms with Crippen LogP contribution in [0, 0.1) is 27.7 Å². The third kappa shape index (κ3) is 5.95. The van der Waals surface area contributed by atoms with E-state index in [0.717, 1.165) is 28.2 Å². The number of carbonyl (C=O) groups excluding carboxylic acids is 1. The van der Waals surface area contributed by atoms with Gasteiger partial charge < -0.3 is 14.6 Å². The molecule has 1 N–H and O–H groups in total. The number of nitrogens with one attached hydrogen (secondary N) is 1. The van der Waals surface area contributed by atoms with E-state index in [2.05, 4.69) is 15.3 Å². The molecule has 0 bridgehead atoms. The predicted molar refractivity (Wildman–Crippen MR) is 123 cm³/mol. The number of aryl methyl sites for hydroxylation is 4. The Kier molecular flexibility index (Phi) is 7.12. The molecule has 2 heterocycles. The lowest BCUT2D eigenvalue weighted by Gasteiger charge is -2.15. The zero-order chi connectivity index (χ0) is 22.5. The van der Waals surface area contributed by atoms with Crippen LogP contribution < -0.4 is 15.5 Å². The van der Waals surface area contributed by atoms with Gasteiger partial charge in [0.25, 0.3) is 0 Å². The number of thioether (sulfide) groups is 1. The van der Waals surface area contributed by atoms with Crippen molar-refractivity contribution in [2.24, 2.45) is 0 Å². The van der Waals surface area contributed by atoms with Crippen molar-refractivity contribution >= 4 is 23.4 Å². The SMILES string of the molecule is COc1cn(CC(=O)Nc2ccc(C)cc2C)c(CSc2nc(C)cc(C)n2)cc1=O. The summed E-state index contributed by atoms with van der Waals surface area (Å²) in [7, 11) is 1.44. The molecular formula is C23H26N4O3S. The number of methoxy groups -OCH3 is 1. The molecule has 0 fully saturated rings. The van der Waals surface area contributed by atoms with Crippen LogP contribution in [-0.2, 0) is 17.1 Å². The largest absolute Gasteiger partial charge is 0.491 e. The van der Waals surface area contributed by atoms with Gasteiger partial charge in [-0.05, 0) is 45.4 Å². The molecule has 162 valence electrons. The van der Waals surface area contributed by atoms with Gasteiger partial charge in [-0.25, -0.2) is 9.97 Å². The van der Waals surface area contributed by atoms with Crippen LogP contribution in [0.1, 0.15) is 28.2 Å². The van der Waals surface area contributed by atoms with Gasteiger partial charge >= 0.3 is 0 Å². The van der Waals surface area contributed by atoms with Gasteiger partial charge in [-0.1, -0.05) is 29.5 Å². The Morgan fingerprint density at radius 2 is 1.81 bits per heavy atom. The highest BCUT2D eigenvalue weighted by Crippen LogP contribution is 2.21. The molecule has 3 aromatic rings. The smallest absolute Gasteiger partial charge is 0.244 e. The zero-order valence-corrected chi connectivity index (χ0v) is 19.2. The van der Waals surface area contributed by atoms with E-state index in [1.807, 2.05) is 52.0 Å². The van der Waals surface area contributed by atoms with Crippen molar-refractivity contribution in [1.82, 2.24) is 14.5 Å². The first-order valence-electron chi connectivity index (χ1n) is 9.84. The Bertz CT molecular complexity index is 1150. The third-order valence-electron chi connectivity index (χ3n) is 4.68. The Hall–Kier alpha value is -3.13. The second-order valence-electron chi connectivity index (χ2n) is 7.41. The maximum absolute atomic E-state index is 12.7. The fraction of sp³-hybridized carbons (Fsp3) is 0.304. The molecule has 0 aliphatic carbocycles. The van der Waals surface area contributed by atoms with Gasteiger partial charge in [-0.3, -0.25) is 9.59 Å². The summed E-state index contributed by atoms with van der Waals surface area (Å²) >= 11 is 1.42. The van der Waals surface area contributed by atoms with Crippen molar-refractivity contribution in [1.29, 1.82) is 0 Å². The first-order chi connectivity index (χ1) is 14.7. The minimum Gasteiger partial charge on any atom is -0.491 e. The number of carbonyl (C=O) groups is 1. The lowest BCUT2D eigenvalue weighted by atomic mass is 10.1. The van der Waals surface area contributed by atoms with Crippen LogP contribution in [-0.4, -0.2) is 27.6 Å². The molecular weight excluding hydrogens is 412 g/mol. The number of ether oxygens (including phenoxy) is 1. The van der Waals surface area contributed by atoms with Gasteiger partial charge in [0.1, 0.15) is 6.54 Å². The summed E-state index contributed by atoms with van der Waals surface area (Å²) in [5.74, 6) is 0.446. The van der Waals surface area contributed by atoms with Crippen LogP contribution in [0.15, 0.2) is 46.5 Å². The van der Waals surface area contributed by atoms with Crippen LogP contribution >= 0.6 is 11.8 Å². The maximum Gasteiger partial charge on any atom is 0.244 e. The number of anilines is 1. The molecule has 1 amide bonds. The number of rotatable bonds is 7. The minimum absolute atomic E-state index is 0.0492. The molecule has 7 nitrogen and oxygen atoms in total. The molecule has 0 aliphatic heterocycles. The third-order valence-corrected chi connectivity index (χ3v) is 5.56. The summed E-state index contributed by atoms with van der Waals surface area (Å²) in [5.41, 5.74) is 5.12. The molecule has 8 heteroatoms. The highest BCUT2D eigenvalue weighted by Gasteiger charge is 2.13. The number of benzene rings is 1. The number of hydrogen-bond donors (Lipinski definition) is 1. The van der Waals surface area contributed by atoms with Gasteiger partial charge in [0.05, 0.1) is 13.3 Å². The second-order valence-corrected chi connectivity index (χ2v) is 8.36. The summed E-state index contributed by atoms with van der Waals surface area (Å²) in [6.07, 6.45) is 1.57. The highest BCUT2D eigenvalue weighted by atomic mass is 32.2. The predicted octanol–water partition coefficient (Wildman–Crippen LogP) is 3.81. The molecule has 0 spiro atoms. The van der Waals surface area contributed by atoms with E-state index in [9.17, 15) is 9.59 Å². The summed E-state index contributed by atoms with van der Waals surface area (Å²) < 4.78 is 6.90. The molecule has 1 aromatic carbocycles. The fourth-order valence-corrected chi connectivity index (χ4v) is 4.16. The van der Waals surface area contributed by atoms with E-state index in [1.165, 1.54) is 24.9 Å². The second kappa shape index (κ2) is 9.78. The minimum atomic E-state index is -0.231. The fourth-order valence-electron chi connectivity index (χ4n) is 3.21. The molecule has 0 saturated heterocycles. The van der Waals surface area contributed by atoms with Crippen molar-refractivity contribution in [2.75, 3.05) is 12.4 Å². The van der Waals surface area contributed by atoms with Crippen LogP contribution in [0.4, 0.5) is 5.69 Å². The molecule has 0 aliphatic rings. The number of amides is 1. The topological polar surface area (TPSA) is 86.1 Å². The first kappa shape index (κ1) is 22.6. The van der Waals surface area contributed by atoms with Crippen molar-refractivity contribution in [3.05, 3.63) is 75.0 Å². The van der Waals surface area contributed by atoms with Crippen LogP contribution in [0.3, 0.4) is 0 Å². The van der Waals surface area contributed by atoms with Crippen LogP contribution in [0.2, 0.25) is 0 Å². The summed E-state index contributed by atoms with van der Waals surface area (Å²) in [6.45, 7) is 7.85. The average molecular weight is 439 g/mol. The molecule has 0 unspecified atom stereocenters. The lowest BCUT2D eigenvalue weighted by Crippen LogP contribution is -2.23. The normalized spacial score (nSPS) is 10.7. The first-order valence-corrected chi connectivity index (χ1v) is 10.8. The van der Waals surface area contributed by atoms with Crippen LogP contribution in [0.25, 0.3) is 0 Å². The molecule has 0 radical (unpaired) electrons. The Balaban J connectivity index is 1.82. The highest BCUT2D eigenvalue weighted by molar-refractivity contribution is 7.98. The Morgan fingerprint density at radius 3 is 2.45 bits per heavy atom. The Labute approximate surface area is 185 Å². The quantitative estimate of drug-likeness (QED) is 0.446. The van der Waals surface area contributed by atoms with Gasteiger partial charge in [-0.15, -0.1) is 0 Å². The van der Waals surface area contributed by atoms with Gasteiger partial charge in [0.2, 0.25) is 11.3 Å². The van der Waals surface area contributed by atoms with E-state index >= 15 is 0 Å². The summed E-state index contributed by atoms with van der Waals surface area (Å²) in [4.78, 5) is 33.9. The summed E-state index contributed by atoms with van der Waals surface area (Å²) in [6, 6.07) is 9.27. The molecule has 0 atom stereocenters. The standard InChI is InChI=1S/C23H26N4O3S/c1-14-6-7-19(15(2)8-14)26-22(29)12-27-11-21(30-5)20(28)10-18(27)13-31-23-24-16(3)9-17(4)25-23/h6-11H,12-13H2,1-5H3,(H,26,29). The average Bonchev–Trinajstić information content (AvgIpc) is 2.69. The van der Waals surface area contributed by atoms with Crippen LogP contribution in [0.5, 0.6) is 5.75 Å². The monoisotopic (exact) mass is 438 g/mol. The van der Waals surface area contributed by atoms with E-state index in [4.69, 9.17) is 4.74 Å². The number of hydrogen-bond acceptors (Lipinski definition) is 6. The van der Waals surface area contributed by atoms with Gasteiger partial charge in [0, 0.05) is 34.6 Å². The zero-order valence-electron chi connectivity index (χ0n) is 18.4. The van der Waals surface area contributed by atoms with Crippen molar-refractivity contribution in [2.45, 2.75) is 45.1 Å². The van der Waals surface area contributed by atoms with Crippen molar-refractivity contribution in [3.8, 4) is 5.75 Å². The van der Waals surface area contributed by atoms with E-state index in [0.29, 0.717) is 16.6 Å². The van der Waals surface area contributed by atoms with Gasteiger partial charge in [0.15, 0.2) is 10.9 Å². The molecule has 0 saturated carbocycles. The van der Waals surface area contributed by atoms with E-state index in [-0.39, 0.29) is 23.6 Å². The molecule has 31 heavy (non-hydrogen) atoms. The van der Waals surface area contributed by atoms with E-state index in [1.54, 1.807) is 10.8 Å².